The average Bonchev–Trinajstić information content (AvgIpc) is 2.67. The molecule has 1 aromatic carbocycles. The summed E-state index contributed by atoms with van der Waals surface area (Å²) < 4.78 is 16.8. The van der Waals surface area contributed by atoms with Crippen molar-refractivity contribution in [2.75, 3.05) is 46.6 Å². The van der Waals surface area contributed by atoms with Gasteiger partial charge in [-0.25, -0.2) is 0 Å². The van der Waals surface area contributed by atoms with Crippen molar-refractivity contribution in [2.45, 2.75) is 32.0 Å². The summed E-state index contributed by atoms with van der Waals surface area (Å²) in [6, 6.07) is 10.2. The Balaban J connectivity index is 1.45. The van der Waals surface area contributed by atoms with Crippen molar-refractivity contribution in [1.29, 1.82) is 0 Å². The Labute approximate surface area is 151 Å². The van der Waals surface area contributed by atoms with Gasteiger partial charge in [0.05, 0.1) is 19.3 Å². The quantitative estimate of drug-likeness (QED) is 0.384. The third-order valence-corrected chi connectivity index (χ3v) is 4.01. The first-order valence-corrected chi connectivity index (χ1v) is 9.14. The first-order chi connectivity index (χ1) is 12.4. The van der Waals surface area contributed by atoms with Gasteiger partial charge in [-0.1, -0.05) is 30.3 Å². The van der Waals surface area contributed by atoms with Crippen LogP contribution in [-0.4, -0.2) is 58.6 Å². The van der Waals surface area contributed by atoms with E-state index in [0.29, 0.717) is 19.3 Å². The summed E-state index contributed by atoms with van der Waals surface area (Å²) in [7, 11) is 1.78. The highest BCUT2D eigenvalue weighted by Gasteiger charge is 2.13. The highest BCUT2D eigenvalue weighted by atomic mass is 16.5. The van der Waals surface area contributed by atoms with Crippen LogP contribution >= 0.6 is 0 Å². The number of hydrogen-bond donors (Lipinski definition) is 2. The Kier molecular flexibility index (Phi) is 10.00. The fourth-order valence-electron chi connectivity index (χ4n) is 2.60. The number of nitrogens with zero attached hydrogens (tertiary/aromatic N) is 1. The van der Waals surface area contributed by atoms with E-state index < -0.39 is 0 Å². The van der Waals surface area contributed by atoms with E-state index in [0.717, 1.165) is 58.1 Å². The standard InChI is InChI=1S/C19H31N3O3/c1-20-19(21-10-5-12-25-18-8-13-23-14-9-18)22-11-15-24-16-17-6-3-2-4-7-17/h2-4,6-7,18H,5,8-16H2,1H3,(H2,20,21,22). The van der Waals surface area contributed by atoms with E-state index >= 15 is 0 Å². The van der Waals surface area contributed by atoms with Crippen LogP contribution in [0.5, 0.6) is 0 Å². The number of benzene rings is 1. The van der Waals surface area contributed by atoms with Crippen LogP contribution < -0.4 is 10.6 Å². The van der Waals surface area contributed by atoms with Crippen LogP contribution in [0.2, 0.25) is 0 Å². The molecule has 0 unspecified atom stereocenters. The molecule has 1 saturated heterocycles. The Morgan fingerprint density at radius 2 is 1.88 bits per heavy atom. The molecule has 0 spiro atoms. The zero-order valence-electron chi connectivity index (χ0n) is 15.2. The minimum absolute atomic E-state index is 0.368. The zero-order valence-corrected chi connectivity index (χ0v) is 15.2. The first kappa shape index (κ1) is 19.7. The number of hydrogen-bond acceptors (Lipinski definition) is 4. The summed E-state index contributed by atoms with van der Waals surface area (Å²) in [5.41, 5.74) is 1.19. The lowest BCUT2D eigenvalue weighted by Crippen LogP contribution is -2.39. The second-order valence-electron chi connectivity index (χ2n) is 6.00. The van der Waals surface area contributed by atoms with Crippen molar-refractivity contribution >= 4 is 5.96 Å². The smallest absolute Gasteiger partial charge is 0.191 e. The van der Waals surface area contributed by atoms with Gasteiger partial charge in [0.15, 0.2) is 5.96 Å². The lowest BCUT2D eigenvalue weighted by atomic mass is 10.1. The minimum Gasteiger partial charge on any atom is -0.381 e. The number of aliphatic imine (C=N–C) groups is 1. The molecule has 1 aromatic rings. The SMILES string of the molecule is CN=C(NCCCOC1CCOCC1)NCCOCc1ccccc1. The molecule has 25 heavy (non-hydrogen) atoms. The molecule has 1 aliphatic heterocycles. The molecule has 0 saturated carbocycles. The molecule has 1 aliphatic rings. The van der Waals surface area contributed by atoms with Crippen molar-refractivity contribution in [1.82, 2.24) is 10.6 Å². The minimum atomic E-state index is 0.368. The van der Waals surface area contributed by atoms with E-state index in [-0.39, 0.29) is 0 Å². The molecule has 0 atom stereocenters. The van der Waals surface area contributed by atoms with Gasteiger partial charge in [-0.2, -0.15) is 0 Å². The molecule has 0 aliphatic carbocycles. The number of guanidine groups is 1. The molecule has 2 N–H and O–H groups in total. The maximum atomic E-state index is 5.85. The van der Waals surface area contributed by atoms with Crippen LogP contribution in [0.25, 0.3) is 0 Å². The molecular formula is C19H31N3O3. The van der Waals surface area contributed by atoms with Crippen LogP contribution in [0.3, 0.4) is 0 Å². The second kappa shape index (κ2) is 12.7. The van der Waals surface area contributed by atoms with Crippen molar-refractivity contribution in [3.8, 4) is 0 Å². The second-order valence-corrected chi connectivity index (χ2v) is 6.00. The summed E-state index contributed by atoms with van der Waals surface area (Å²) in [5, 5.41) is 6.55. The summed E-state index contributed by atoms with van der Waals surface area (Å²) in [4.78, 5) is 4.21. The Morgan fingerprint density at radius 1 is 1.12 bits per heavy atom. The van der Waals surface area contributed by atoms with Crippen LogP contribution in [0.1, 0.15) is 24.8 Å². The molecule has 140 valence electrons. The molecule has 0 bridgehead atoms. The fraction of sp³-hybridized carbons (Fsp3) is 0.632. The van der Waals surface area contributed by atoms with Gasteiger partial charge in [0, 0.05) is 40.0 Å². The summed E-state index contributed by atoms with van der Waals surface area (Å²) >= 11 is 0. The van der Waals surface area contributed by atoms with E-state index in [1.807, 2.05) is 18.2 Å². The van der Waals surface area contributed by atoms with Gasteiger partial charge in [0.1, 0.15) is 0 Å². The van der Waals surface area contributed by atoms with Gasteiger partial charge in [-0.3, -0.25) is 4.99 Å². The first-order valence-electron chi connectivity index (χ1n) is 9.14. The topological polar surface area (TPSA) is 64.1 Å². The normalized spacial score (nSPS) is 16.0. The summed E-state index contributed by atoms with van der Waals surface area (Å²) in [6.07, 6.45) is 3.36. The molecule has 2 rings (SSSR count). The van der Waals surface area contributed by atoms with Crippen molar-refractivity contribution in [3.05, 3.63) is 35.9 Å². The Bertz CT molecular complexity index is 476. The Hall–Kier alpha value is -1.63. The molecule has 1 fully saturated rings. The predicted molar refractivity (Wildman–Crippen MR) is 99.9 cm³/mol. The van der Waals surface area contributed by atoms with Gasteiger partial charge in [0.2, 0.25) is 0 Å². The molecule has 0 amide bonds. The number of rotatable bonds is 10. The van der Waals surface area contributed by atoms with E-state index in [1.165, 1.54) is 5.56 Å². The highest BCUT2D eigenvalue weighted by molar-refractivity contribution is 5.79. The molecule has 1 heterocycles. The van der Waals surface area contributed by atoms with Crippen LogP contribution in [0.15, 0.2) is 35.3 Å². The molecule has 0 radical (unpaired) electrons. The third-order valence-electron chi connectivity index (χ3n) is 4.01. The van der Waals surface area contributed by atoms with E-state index in [4.69, 9.17) is 14.2 Å². The van der Waals surface area contributed by atoms with E-state index in [1.54, 1.807) is 7.05 Å². The lowest BCUT2D eigenvalue weighted by Gasteiger charge is -2.22. The van der Waals surface area contributed by atoms with E-state index in [9.17, 15) is 0 Å². The van der Waals surface area contributed by atoms with Gasteiger partial charge in [-0.15, -0.1) is 0 Å². The predicted octanol–water partition coefficient (Wildman–Crippen LogP) is 1.95. The Morgan fingerprint density at radius 3 is 2.64 bits per heavy atom. The van der Waals surface area contributed by atoms with Crippen LogP contribution in [0.4, 0.5) is 0 Å². The van der Waals surface area contributed by atoms with Gasteiger partial charge >= 0.3 is 0 Å². The largest absolute Gasteiger partial charge is 0.381 e. The van der Waals surface area contributed by atoms with Crippen molar-refractivity contribution in [2.24, 2.45) is 4.99 Å². The molecule has 6 nitrogen and oxygen atoms in total. The molecular weight excluding hydrogens is 318 g/mol. The maximum Gasteiger partial charge on any atom is 0.191 e. The van der Waals surface area contributed by atoms with Gasteiger partial charge < -0.3 is 24.8 Å². The van der Waals surface area contributed by atoms with Crippen molar-refractivity contribution < 1.29 is 14.2 Å². The monoisotopic (exact) mass is 349 g/mol. The average molecular weight is 349 g/mol. The van der Waals surface area contributed by atoms with Crippen molar-refractivity contribution in [3.63, 3.8) is 0 Å². The van der Waals surface area contributed by atoms with Gasteiger partial charge in [0.25, 0.3) is 0 Å². The van der Waals surface area contributed by atoms with Crippen LogP contribution in [-0.2, 0) is 20.8 Å². The molecule has 0 aromatic heterocycles. The number of nitrogens with one attached hydrogen (secondary N) is 2. The number of ether oxygens (including phenoxy) is 3. The highest BCUT2D eigenvalue weighted by Crippen LogP contribution is 2.10. The molecule has 6 heteroatoms. The zero-order chi connectivity index (χ0) is 17.6. The van der Waals surface area contributed by atoms with Gasteiger partial charge in [-0.05, 0) is 24.8 Å². The summed E-state index contributed by atoms with van der Waals surface area (Å²) in [5.74, 6) is 0.800. The maximum absolute atomic E-state index is 5.85. The lowest BCUT2D eigenvalue weighted by molar-refractivity contribution is -0.0320. The summed E-state index contributed by atoms with van der Waals surface area (Å²) in [6.45, 7) is 5.27. The van der Waals surface area contributed by atoms with E-state index in [2.05, 4.69) is 27.8 Å². The third kappa shape index (κ3) is 8.86. The fourth-order valence-corrected chi connectivity index (χ4v) is 2.60. The van der Waals surface area contributed by atoms with Crippen LogP contribution in [0, 0.1) is 0 Å².